The van der Waals surface area contributed by atoms with Crippen LogP contribution in [0.4, 0.5) is 0 Å². The minimum Gasteiger partial charge on any atom is -0.228 e. The van der Waals surface area contributed by atoms with Gasteiger partial charge < -0.3 is 0 Å². The highest BCUT2D eigenvalue weighted by molar-refractivity contribution is 7.97. The lowest BCUT2D eigenvalue weighted by Crippen LogP contribution is -2.28. The Bertz CT molecular complexity index is 807. The average Bonchev–Trinajstić information content (AvgIpc) is 3.27. The molecule has 0 saturated heterocycles. The zero-order valence-electron chi connectivity index (χ0n) is 16.2. The summed E-state index contributed by atoms with van der Waals surface area (Å²) in [6.45, 7) is 4.50. The van der Waals surface area contributed by atoms with Gasteiger partial charge >= 0.3 is 0 Å². The molecule has 0 aromatic heterocycles. The van der Waals surface area contributed by atoms with Crippen LogP contribution in [0.3, 0.4) is 0 Å². The highest BCUT2D eigenvalue weighted by atomic mass is 35.5. The first kappa shape index (κ1) is 19.1. The van der Waals surface area contributed by atoms with E-state index in [0.717, 1.165) is 10.9 Å². The Morgan fingerprint density at radius 1 is 1.00 bits per heavy atom. The minimum atomic E-state index is 0.318. The van der Waals surface area contributed by atoms with Crippen LogP contribution in [-0.2, 0) is 0 Å². The quantitative estimate of drug-likeness (QED) is 0.377. The van der Waals surface area contributed by atoms with E-state index < -0.39 is 0 Å². The molecule has 2 atom stereocenters. The molecule has 4 rings (SSSR count). The van der Waals surface area contributed by atoms with E-state index in [1.54, 1.807) is 0 Å². The maximum absolute atomic E-state index is 6.15. The van der Waals surface area contributed by atoms with Crippen LogP contribution in [0, 0.1) is 12.8 Å². The Balaban J connectivity index is 1.64. The zero-order chi connectivity index (χ0) is 18.8. The normalized spacial score (nSPS) is 23.7. The molecule has 1 heterocycles. The van der Waals surface area contributed by atoms with Crippen molar-refractivity contribution in [2.24, 2.45) is 5.92 Å². The van der Waals surface area contributed by atoms with Crippen molar-refractivity contribution in [1.29, 1.82) is 0 Å². The van der Waals surface area contributed by atoms with Crippen molar-refractivity contribution in [1.82, 2.24) is 4.31 Å². The second kappa shape index (κ2) is 8.43. The second-order valence-corrected chi connectivity index (χ2v) is 9.52. The van der Waals surface area contributed by atoms with Gasteiger partial charge in [0, 0.05) is 16.0 Å². The lowest BCUT2D eigenvalue weighted by atomic mass is 9.99. The number of hydrogen-bond acceptors (Lipinski definition) is 2. The van der Waals surface area contributed by atoms with Crippen molar-refractivity contribution >= 4 is 23.5 Å². The smallest absolute Gasteiger partial charge is 0.0670 e. The van der Waals surface area contributed by atoms with Gasteiger partial charge in [-0.25, -0.2) is 4.31 Å². The molecule has 2 aromatic carbocycles. The number of hydrogen-bond donors (Lipinski definition) is 0. The SMILES string of the molecule is CC1=CC(CC2CCCC2)N(Sc2ccccc2C)C1c1ccc(Cl)cc1. The van der Waals surface area contributed by atoms with Crippen molar-refractivity contribution in [3.8, 4) is 0 Å². The first-order chi connectivity index (χ1) is 13.1. The molecule has 0 radical (unpaired) electrons. The Kier molecular flexibility index (Phi) is 5.96. The minimum absolute atomic E-state index is 0.318. The van der Waals surface area contributed by atoms with E-state index in [-0.39, 0.29) is 0 Å². The predicted molar refractivity (Wildman–Crippen MR) is 117 cm³/mol. The van der Waals surface area contributed by atoms with Gasteiger partial charge in [0.25, 0.3) is 0 Å². The van der Waals surface area contributed by atoms with Crippen LogP contribution in [0.2, 0.25) is 5.02 Å². The molecule has 142 valence electrons. The summed E-state index contributed by atoms with van der Waals surface area (Å²) in [5.41, 5.74) is 4.14. The summed E-state index contributed by atoms with van der Waals surface area (Å²) < 4.78 is 2.64. The van der Waals surface area contributed by atoms with E-state index in [0.29, 0.717) is 12.1 Å². The molecule has 0 spiro atoms. The Hall–Kier alpha value is -1.22. The van der Waals surface area contributed by atoms with E-state index in [2.05, 4.69) is 60.6 Å². The van der Waals surface area contributed by atoms with E-state index in [1.807, 2.05) is 24.1 Å². The molecule has 1 aliphatic heterocycles. The van der Waals surface area contributed by atoms with Gasteiger partial charge in [-0.1, -0.05) is 79.3 Å². The first-order valence-electron chi connectivity index (χ1n) is 10.1. The molecule has 1 fully saturated rings. The van der Waals surface area contributed by atoms with Gasteiger partial charge in [0.05, 0.1) is 6.04 Å². The Labute approximate surface area is 172 Å². The van der Waals surface area contributed by atoms with Crippen molar-refractivity contribution in [2.45, 2.75) is 62.9 Å². The molecule has 27 heavy (non-hydrogen) atoms. The number of halogens is 1. The summed E-state index contributed by atoms with van der Waals surface area (Å²) >= 11 is 8.08. The van der Waals surface area contributed by atoms with Crippen LogP contribution in [0.25, 0.3) is 0 Å². The van der Waals surface area contributed by atoms with Gasteiger partial charge in [-0.15, -0.1) is 0 Å². The maximum Gasteiger partial charge on any atom is 0.0670 e. The molecule has 2 aliphatic rings. The highest BCUT2D eigenvalue weighted by Crippen LogP contribution is 2.46. The van der Waals surface area contributed by atoms with Crippen LogP contribution in [0.15, 0.2) is 65.1 Å². The Morgan fingerprint density at radius 2 is 1.70 bits per heavy atom. The topological polar surface area (TPSA) is 3.24 Å². The summed E-state index contributed by atoms with van der Waals surface area (Å²) in [6.07, 6.45) is 9.41. The number of aryl methyl sites for hydroxylation is 1. The summed E-state index contributed by atoms with van der Waals surface area (Å²) in [5, 5.41) is 0.805. The standard InChI is InChI=1S/C24H28ClNS/c1-17-7-3-6-10-23(17)27-26-22(16-19-8-4-5-9-19)15-18(2)24(26)20-11-13-21(25)14-12-20/h3,6-7,10-15,19,22,24H,4-5,8-9,16H2,1-2H3. The van der Waals surface area contributed by atoms with E-state index in [1.165, 1.54) is 53.7 Å². The van der Waals surface area contributed by atoms with Crippen molar-refractivity contribution in [3.05, 3.63) is 76.3 Å². The van der Waals surface area contributed by atoms with Crippen LogP contribution in [-0.4, -0.2) is 10.3 Å². The highest BCUT2D eigenvalue weighted by Gasteiger charge is 2.36. The third kappa shape index (κ3) is 4.29. The monoisotopic (exact) mass is 397 g/mol. The fraction of sp³-hybridized carbons (Fsp3) is 0.417. The molecular weight excluding hydrogens is 370 g/mol. The summed E-state index contributed by atoms with van der Waals surface area (Å²) in [7, 11) is 0. The summed E-state index contributed by atoms with van der Waals surface area (Å²) in [4.78, 5) is 1.36. The molecule has 0 amide bonds. The average molecular weight is 398 g/mol. The molecule has 1 aliphatic carbocycles. The van der Waals surface area contributed by atoms with Gasteiger partial charge in [0.1, 0.15) is 0 Å². The van der Waals surface area contributed by atoms with Gasteiger partial charge in [0.15, 0.2) is 0 Å². The molecule has 2 aromatic rings. The Morgan fingerprint density at radius 3 is 2.41 bits per heavy atom. The zero-order valence-corrected chi connectivity index (χ0v) is 17.8. The lowest BCUT2D eigenvalue weighted by Gasteiger charge is -2.32. The van der Waals surface area contributed by atoms with Gasteiger partial charge in [-0.2, -0.15) is 0 Å². The second-order valence-electron chi connectivity index (χ2n) is 8.03. The van der Waals surface area contributed by atoms with Crippen molar-refractivity contribution in [3.63, 3.8) is 0 Å². The lowest BCUT2D eigenvalue weighted by molar-refractivity contribution is 0.321. The van der Waals surface area contributed by atoms with Crippen LogP contribution in [0.5, 0.6) is 0 Å². The van der Waals surface area contributed by atoms with E-state index >= 15 is 0 Å². The van der Waals surface area contributed by atoms with Gasteiger partial charge in [0.2, 0.25) is 0 Å². The molecule has 0 bridgehead atoms. The van der Waals surface area contributed by atoms with Crippen molar-refractivity contribution < 1.29 is 0 Å². The molecular formula is C24H28ClNS. The third-order valence-corrected chi connectivity index (χ3v) is 7.60. The molecule has 1 saturated carbocycles. The number of nitrogens with zero attached hydrogens (tertiary/aromatic N) is 1. The molecule has 2 unspecified atom stereocenters. The van der Waals surface area contributed by atoms with Crippen molar-refractivity contribution in [2.75, 3.05) is 0 Å². The summed E-state index contributed by atoms with van der Waals surface area (Å²) in [6, 6.07) is 18.0. The molecule has 0 N–H and O–H groups in total. The summed E-state index contributed by atoms with van der Waals surface area (Å²) in [5.74, 6) is 0.878. The van der Waals surface area contributed by atoms with Crippen LogP contribution < -0.4 is 0 Å². The van der Waals surface area contributed by atoms with Crippen LogP contribution >= 0.6 is 23.5 Å². The number of rotatable bonds is 5. The number of benzene rings is 2. The molecule has 1 nitrogen and oxygen atoms in total. The fourth-order valence-electron chi connectivity index (χ4n) is 4.57. The largest absolute Gasteiger partial charge is 0.228 e. The molecule has 3 heteroatoms. The van der Waals surface area contributed by atoms with Gasteiger partial charge in [-0.05, 0) is 67.5 Å². The van der Waals surface area contributed by atoms with E-state index in [9.17, 15) is 0 Å². The first-order valence-corrected chi connectivity index (χ1v) is 11.2. The van der Waals surface area contributed by atoms with Crippen LogP contribution in [0.1, 0.15) is 56.2 Å². The van der Waals surface area contributed by atoms with E-state index in [4.69, 9.17) is 11.6 Å². The fourth-order valence-corrected chi connectivity index (χ4v) is 5.95. The van der Waals surface area contributed by atoms with Gasteiger partial charge in [-0.3, -0.25) is 0 Å². The predicted octanol–water partition coefficient (Wildman–Crippen LogP) is 7.61. The maximum atomic E-state index is 6.15. The third-order valence-electron chi connectivity index (χ3n) is 6.00.